The summed E-state index contributed by atoms with van der Waals surface area (Å²) in [5.41, 5.74) is 1.78. The largest absolute Gasteiger partial charge is 0.438 e. The first-order chi connectivity index (χ1) is 8.79. The van der Waals surface area contributed by atoms with E-state index in [4.69, 9.17) is 4.74 Å². The van der Waals surface area contributed by atoms with Crippen LogP contribution < -0.4 is 0 Å². The number of benzene rings is 1. The van der Waals surface area contributed by atoms with E-state index >= 15 is 0 Å². The molecule has 0 radical (unpaired) electrons. The fraction of sp³-hybridized carbons (Fsp3) is 0.533. The molecular formula is C15H19NO2. The van der Waals surface area contributed by atoms with Crippen molar-refractivity contribution in [1.29, 1.82) is 0 Å². The third-order valence-electron chi connectivity index (χ3n) is 4.22. The van der Waals surface area contributed by atoms with Gasteiger partial charge >= 0.3 is 5.97 Å². The molecule has 0 amide bonds. The van der Waals surface area contributed by atoms with Gasteiger partial charge in [-0.05, 0) is 24.8 Å². The van der Waals surface area contributed by atoms with Gasteiger partial charge in [-0.2, -0.15) is 0 Å². The molecule has 0 N–H and O–H groups in total. The molecule has 0 aromatic heterocycles. The van der Waals surface area contributed by atoms with Crippen LogP contribution in [0.15, 0.2) is 24.3 Å². The molecule has 96 valence electrons. The van der Waals surface area contributed by atoms with Gasteiger partial charge in [0.1, 0.15) is 0 Å². The van der Waals surface area contributed by atoms with E-state index in [-0.39, 0.29) is 12.2 Å². The Morgan fingerprint density at radius 2 is 2.00 bits per heavy atom. The Kier molecular flexibility index (Phi) is 3.08. The minimum atomic E-state index is -0.173. The second-order valence-electron chi connectivity index (χ2n) is 5.23. The van der Waals surface area contributed by atoms with Crippen LogP contribution in [0.5, 0.6) is 0 Å². The maximum atomic E-state index is 11.8. The lowest BCUT2D eigenvalue weighted by Gasteiger charge is -2.34. The molecule has 3 rings (SSSR count). The molecule has 2 heterocycles. The summed E-state index contributed by atoms with van der Waals surface area (Å²) in [6.07, 6.45) is 3.54. The maximum Gasteiger partial charge on any atom is 0.340 e. The van der Waals surface area contributed by atoms with E-state index in [1.54, 1.807) is 0 Å². The van der Waals surface area contributed by atoms with Gasteiger partial charge in [0, 0.05) is 18.7 Å². The van der Waals surface area contributed by atoms with Crippen LogP contribution in [0.2, 0.25) is 0 Å². The highest BCUT2D eigenvalue weighted by molar-refractivity contribution is 5.93. The maximum absolute atomic E-state index is 11.8. The first-order valence-electron chi connectivity index (χ1n) is 6.83. The summed E-state index contributed by atoms with van der Waals surface area (Å²) in [5, 5.41) is 0. The minimum absolute atomic E-state index is 0.147. The van der Waals surface area contributed by atoms with Crippen molar-refractivity contribution in [3.8, 4) is 0 Å². The van der Waals surface area contributed by atoms with Crippen LogP contribution in [0.3, 0.4) is 0 Å². The Hall–Kier alpha value is -1.35. The van der Waals surface area contributed by atoms with Crippen LogP contribution in [0.1, 0.15) is 48.3 Å². The van der Waals surface area contributed by atoms with Crippen LogP contribution in [-0.4, -0.2) is 24.0 Å². The summed E-state index contributed by atoms with van der Waals surface area (Å²) in [6.45, 7) is 4.32. The number of likely N-dealkylation sites (tertiary alicyclic amines) is 1. The number of cyclic esters (lactones) is 1. The topological polar surface area (TPSA) is 29.5 Å². The number of piperidine rings is 1. The predicted molar refractivity (Wildman–Crippen MR) is 69.2 cm³/mol. The molecular weight excluding hydrogens is 226 g/mol. The quantitative estimate of drug-likeness (QED) is 0.750. The zero-order chi connectivity index (χ0) is 12.5. The summed E-state index contributed by atoms with van der Waals surface area (Å²) >= 11 is 0. The van der Waals surface area contributed by atoms with E-state index in [2.05, 4.69) is 11.8 Å². The molecule has 1 aromatic rings. The van der Waals surface area contributed by atoms with Gasteiger partial charge in [0.25, 0.3) is 0 Å². The summed E-state index contributed by atoms with van der Waals surface area (Å²) in [6, 6.07) is 7.74. The third kappa shape index (κ3) is 1.93. The van der Waals surface area contributed by atoms with Gasteiger partial charge in [-0.15, -0.1) is 0 Å². The van der Waals surface area contributed by atoms with E-state index < -0.39 is 0 Å². The molecule has 3 heteroatoms. The van der Waals surface area contributed by atoms with Gasteiger partial charge in [0.2, 0.25) is 0 Å². The van der Waals surface area contributed by atoms with Gasteiger partial charge < -0.3 is 4.74 Å². The zero-order valence-electron chi connectivity index (χ0n) is 10.8. The number of hydrogen-bond acceptors (Lipinski definition) is 3. The Morgan fingerprint density at radius 3 is 2.72 bits per heavy atom. The zero-order valence-corrected chi connectivity index (χ0v) is 10.8. The Balaban J connectivity index is 1.77. The second kappa shape index (κ2) is 4.73. The molecule has 1 unspecified atom stereocenters. The van der Waals surface area contributed by atoms with Gasteiger partial charge in [-0.1, -0.05) is 31.5 Å². The van der Waals surface area contributed by atoms with E-state index in [0.717, 1.165) is 30.1 Å². The standard InChI is InChI=1S/C15H19NO2/c1-2-11-7-9-16(10-8-11)14-12-5-3-4-6-13(12)15(17)18-14/h3-6,11,14H,2,7-10H2,1H3. The van der Waals surface area contributed by atoms with Crippen molar-refractivity contribution in [3.63, 3.8) is 0 Å². The highest BCUT2D eigenvalue weighted by Gasteiger charge is 2.36. The molecule has 0 saturated carbocycles. The van der Waals surface area contributed by atoms with Crippen LogP contribution in [0.25, 0.3) is 0 Å². The molecule has 3 nitrogen and oxygen atoms in total. The molecule has 1 atom stereocenters. The predicted octanol–water partition coefficient (Wildman–Crippen LogP) is 2.98. The number of fused-ring (bicyclic) bond motifs is 1. The fourth-order valence-corrected chi connectivity index (χ4v) is 2.99. The Bertz CT molecular complexity index is 450. The summed E-state index contributed by atoms with van der Waals surface area (Å²) in [5.74, 6) is 0.668. The highest BCUT2D eigenvalue weighted by atomic mass is 16.6. The third-order valence-corrected chi connectivity index (χ3v) is 4.22. The normalized spacial score (nSPS) is 24.9. The average Bonchev–Trinajstić information content (AvgIpc) is 2.77. The summed E-state index contributed by atoms with van der Waals surface area (Å²) < 4.78 is 5.53. The van der Waals surface area contributed by atoms with E-state index in [0.29, 0.717) is 0 Å². The molecule has 2 aliphatic heterocycles. The van der Waals surface area contributed by atoms with Crippen molar-refractivity contribution in [2.45, 2.75) is 32.4 Å². The molecule has 0 spiro atoms. The molecule has 1 fully saturated rings. The molecule has 2 aliphatic rings. The van der Waals surface area contributed by atoms with Crippen LogP contribution in [-0.2, 0) is 4.74 Å². The van der Waals surface area contributed by atoms with Crippen molar-refractivity contribution >= 4 is 5.97 Å². The number of hydrogen-bond donors (Lipinski definition) is 0. The lowest BCUT2D eigenvalue weighted by Crippen LogP contribution is -2.36. The number of esters is 1. The molecule has 0 bridgehead atoms. The SMILES string of the molecule is CCC1CCN(C2OC(=O)c3ccccc32)CC1. The van der Waals surface area contributed by atoms with Gasteiger partial charge in [0.15, 0.2) is 6.23 Å². The fourth-order valence-electron chi connectivity index (χ4n) is 2.99. The smallest absolute Gasteiger partial charge is 0.340 e. The number of carbonyl (C=O) groups excluding carboxylic acids is 1. The summed E-state index contributed by atoms with van der Waals surface area (Å²) in [4.78, 5) is 14.1. The van der Waals surface area contributed by atoms with E-state index in [1.165, 1.54) is 19.3 Å². The molecule has 1 saturated heterocycles. The van der Waals surface area contributed by atoms with Gasteiger partial charge in [0.05, 0.1) is 5.56 Å². The number of ether oxygens (including phenoxy) is 1. The molecule has 18 heavy (non-hydrogen) atoms. The lowest BCUT2D eigenvalue weighted by atomic mass is 9.94. The van der Waals surface area contributed by atoms with Crippen molar-refractivity contribution < 1.29 is 9.53 Å². The Morgan fingerprint density at radius 1 is 1.28 bits per heavy atom. The van der Waals surface area contributed by atoms with Crippen molar-refractivity contribution in [3.05, 3.63) is 35.4 Å². The first kappa shape index (κ1) is 11.7. The highest BCUT2D eigenvalue weighted by Crippen LogP contribution is 2.35. The molecule has 1 aromatic carbocycles. The first-order valence-corrected chi connectivity index (χ1v) is 6.83. The van der Waals surface area contributed by atoms with Crippen LogP contribution in [0, 0.1) is 5.92 Å². The second-order valence-corrected chi connectivity index (χ2v) is 5.23. The molecule has 0 aliphatic carbocycles. The lowest BCUT2D eigenvalue weighted by molar-refractivity contribution is -0.0359. The van der Waals surface area contributed by atoms with Crippen LogP contribution >= 0.6 is 0 Å². The summed E-state index contributed by atoms with van der Waals surface area (Å²) in [7, 11) is 0. The van der Waals surface area contributed by atoms with Crippen molar-refractivity contribution in [1.82, 2.24) is 4.90 Å². The van der Waals surface area contributed by atoms with Crippen LogP contribution in [0.4, 0.5) is 0 Å². The monoisotopic (exact) mass is 245 g/mol. The van der Waals surface area contributed by atoms with E-state index in [1.807, 2.05) is 24.3 Å². The van der Waals surface area contributed by atoms with Gasteiger partial charge in [-0.3, -0.25) is 4.90 Å². The number of nitrogens with zero attached hydrogens (tertiary/aromatic N) is 1. The minimum Gasteiger partial charge on any atom is -0.438 e. The van der Waals surface area contributed by atoms with Crippen molar-refractivity contribution in [2.75, 3.05) is 13.1 Å². The average molecular weight is 245 g/mol. The number of rotatable bonds is 2. The number of carbonyl (C=O) groups is 1. The Labute approximate surface area is 108 Å². The van der Waals surface area contributed by atoms with Crippen molar-refractivity contribution in [2.24, 2.45) is 5.92 Å². The van der Waals surface area contributed by atoms with Gasteiger partial charge in [-0.25, -0.2) is 4.79 Å². The van der Waals surface area contributed by atoms with E-state index in [9.17, 15) is 4.79 Å².